The summed E-state index contributed by atoms with van der Waals surface area (Å²) >= 11 is 0. The van der Waals surface area contributed by atoms with Crippen LogP contribution in [0.15, 0.2) is 109 Å². The molecule has 0 spiro atoms. The molecule has 0 aliphatic carbocycles. The fourth-order valence-corrected chi connectivity index (χ4v) is 6.13. The van der Waals surface area contributed by atoms with Gasteiger partial charge in [-0.05, 0) is 57.8 Å². The third kappa shape index (κ3) is 45.2. The van der Waals surface area contributed by atoms with Crippen LogP contribution in [0.2, 0.25) is 0 Å². The molecule has 338 valence electrons. The van der Waals surface area contributed by atoms with Gasteiger partial charge in [-0.3, -0.25) is 14.4 Å². The van der Waals surface area contributed by atoms with E-state index in [2.05, 4.69) is 69.4 Å². The summed E-state index contributed by atoms with van der Waals surface area (Å²) in [5.74, 6) is -0.959. The zero-order valence-corrected chi connectivity index (χ0v) is 38.4. The van der Waals surface area contributed by atoms with E-state index < -0.39 is 6.10 Å². The first-order valence-electron chi connectivity index (χ1n) is 24.0. The zero-order chi connectivity index (χ0) is 43.7. The number of hydrogen-bond acceptors (Lipinski definition) is 6. The molecular formula is C54H86O6. The third-order valence-corrected chi connectivity index (χ3v) is 9.72. The molecule has 6 nitrogen and oxygen atoms in total. The third-order valence-electron chi connectivity index (χ3n) is 9.72. The number of carbonyl (C=O) groups excluding carboxylic acids is 3. The van der Waals surface area contributed by atoms with Crippen LogP contribution in [0, 0.1) is 0 Å². The van der Waals surface area contributed by atoms with Crippen molar-refractivity contribution in [2.24, 2.45) is 0 Å². The molecule has 0 N–H and O–H groups in total. The van der Waals surface area contributed by atoms with Gasteiger partial charge in [-0.25, -0.2) is 0 Å². The van der Waals surface area contributed by atoms with Crippen molar-refractivity contribution in [1.82, 2.24) is 0 Å². The largest absolute Gasteiger partial charge is 0.462 e. The summed E-state index contributed by atoms with van der Waals surface area (Å²) in [6, 6.07) is 0. The van der Waals surface area contributed by atoms with E-state index in [-0.39, 0.29) is 31.1 Å². The molecule has 0 radical (unpaired) electrons. The Morgan fingerprint density at radius 1 is 0.350 bits per heavy atom. The van der Waals surface area contributed by atoms with Crippen molar-refractivity contribution in [2.75, 3.05) is 13.2 Å². The van der Waals surface area contributed by atoms with Gasteiger partial charge in [0, 0.05) is 19.3 Å². The van der Waals surface area contributed by atoms with Crippen LogP contribution in [-0.2, 0) is 28.6 Å². The van der Waals surface area contributed by atoms with Crippen molar-refractivity contribution in [3.05, 3.63) is 109 Å². The van der Waals surface area contributed by atoms with Crippen molar-refractivity contribution < 1.29 is 28.6 Å². The molecular weight excluding hydrogens is 745 g/mol. The average Bonchev–Trinajstić information content (AvgIpc) is 3.24. The van der Waals surface area contributed by atoms with Gasteiger partial charge in [-0.2, -0.15) is 0 Å². The summed E-state index contributed by atoms with van der Waals surface area (Å²) in [7, 11) is 0. The smallest absolute Gasteiger partial charge is 0.306 e. The lowest BCUT2D eigenvalue weighted by Crippen LogP contribution is -2.30. The fourth-order valence-electron chi connectivity index (χ4n) is 6.13. The summed E-state index contributed by atoms with van der Waals surface area (Å²) in [6.45, 7) is 6.32. The van der Waals surface area contributed by atoms with Crippen LogP contribution in [0.3, 0.4) is 0 Å². The lowest BCUT2D eigenvalue weighted by molar-refractivity contribution is -0.167. The van der Waals surface area contributed by atoms with Gasteiger partial charge < -0.3 is 14.2 Å². The van der Waals surface area contributed by atoms with E-state index in [0.29, 0.717) is 19.3 Å². The van der Waals surface area contributed by atoms with E-state index in [1.165, 1.54) is 44.9 Å². The molecule has 1 unspecified atom stereocenters. The van der Waals surface area contributed by atoms with E-state index >= 15 is 0 Å². The Labute approximate surface area is 368 Å². The molecule has 0 bridgehead atoms. The van der Waals surface area contributed by atoms with Crippen molar-refractivity contribution in [1.29, 1.82) is 0 Å². The van der Waals surface area contributed by atoms with Gasteiger partial charge in [0.1, 0.15) is 13.2 Å². The van der Waals surface area contributed by atoms with Gasteiger partial charge in [0.05, 0.1) is 0 Å². The molecule has 0 aliphatic heterocycles. The van der Waals surface area contributed by atoms with E-state index in [0.717, 1.165) is 109 Å². The van der Waals surface area contributed by atoms with Gasteiger partial charge in [-0.15, -0.1) is 0 Å². The topological polar surface area (TPSA) is 78.9 Å². The molecule has 0 aromatic rings. The van der Waals surface area contributed by atoms with E-state index in [1.54, 1.807) is 0 Å². The molecule has 0 saturated carbocycles. The number of unbranched alkanes of at least 4 members (excludes halogenated alkanes) is 19. The summed E-state index contributed by atoms with van der Waals surface area (Å²) in [5, 5.41) is 0. The lowest BCUT2D eigenvalue weighted by Gasteiger charge is -2.18. The van der Waals surface area contributed by atoms with Gasteiger partial charge in [0.25, 0.3) is 0 Å². The second-order valence-corrected chi connectivity index (χ2v) is 15.5. The Morgan fingerprint density at radius 3 is 1.08 bits per heavy atom. The Hall–Kier alpha value is -3.93. The summed E-state index contributed by atoms with van der Waals surface area (Å²) < 4.78 is 16.7. The highest BCUT2D eigenvalue weighted by atomic mass is 16.6. The Kier molecular flexibility index (Phi) is 44.6. The molecule has 0 saturated heterocycles. The molecule has 0 aromatic carbocycles. The number of esters is 3. The van der Waals surface area contributed by atoms with Gasteiger partial charge in [0.15, 0.2) is 6.10 Å². The first-order chi connectivity index (χ1) is 29.5. The molecule has 60 heavy (non-hydrogen) atoms. The number of ether oxygens (including phenoxy) is 3. The highest BCUT2D eigenvalue weighted by molar-refractivity contribution is 5.71. The van der Waals surface area contributed by atoms with Crippen molar-refractivity contribution in [3.63, 3.8) is 0 Å². The second kappa shape index (κ2) is 47.7. The highest BCUT2D eigenvalue weighted by Crippen LogP contribution is 2.13. The minimum atomic E-state index is -0.800. The summed E-state index contributed by atoms with van der Waals surface area (Å²) in [5.41, 5.74) is 0. The first kappa shape index (κ1) is 56.1. The van der Waals surface area contributed by atoms with Gasteiger partial charge in [-0.1, -0.05) is 226 Å². The van der Waals surface area contributed by atoms with Crippen molar-refractivity contribution in [2.45, 2.75) is 200 Å². The molecule has 0 heterocycles. The highest BCUT2D eigenvalue weighted by Gasteiger charge is 2.19. The SMILES string of the molecule is CC\C=C/C=C\C=C/C=C\CCCCCCCC(=O)OC(COC(=O)CCCCCCC\C=C/C=C\C=C/C=C\C=C/CCC)COC(=O)CCCCCCCCCCC. The number of rotatable bonds is 41. The van der Waals surface area contributed by atoms with Crippen LogP contribution in [0.4, 0.5) is 0 Å². The van der Waals surface area contributed by atoms with E-state index in [4.69, 9.17) is 14.2 Å². The van der Waals surface area contributed by atoms with Crippen LogP contribution < -0.4 is 0 Å². The maximum atomic E-state index is 12.7. The standard InChI is InChI=1S/C54H86O6/c1-4-7-10-13-16-19-21-23-25-26-27-29-30-32-35-38-41-44-47-53(56)59-50-51(49-58-52(55)46-43-40-37-34-18-15-12-9-6-3)60-54(57)48-45-42-39-36-33-31-28-24-22-20-17-14-11-8-5-2/h8,10-11,13-14,16-17,19-29,51H,4-7,9,12,15,18,30-50H2,1-3H3/b11-8-,13-10-,17-14-,19-16-,22-20-,23-21-,26-25-,28-24-,29-27-. The van der Waals surface area contributed by atoms with Crippen LogP contribution in [-0.4, -0.2) is 37.2 Å². The van der Waals surface area contributed by atoms with Crippen LogP contribution >= 0.6 is 0 Å². The minimum absolute atomic E-state index is 0.0977. The van der Waals surface area contributed by atoms with Crippen molar-refractivity contribution >= 4 is 17.9 Å². The molecule has 0 aromatic heterocycles. The molecule has 0 aliphatic rings. The fraction of sp³-hybridized carbons (Fsp3) is 0.611. The minimum Gasteiger partial charge on any atom is -0.462 e. The molecule has 0 amide bonds. The number of carbonyl (C=O) groups is 3. The number of allylic oxidation sites excluding steroid dienone is 18. The van der Waals surface area contributed by atoms with E-state index in [9.17, 15) is 14.4 Å². The van der Waals surface area contributed by atoms with Gasteiger partial charge in [0.2, 0.25) is 0 Å². The average molecular weight is 831 g/mol. The van der Waals surface area contributed by atoms with Crippen molar-refractivity contribution in [3.8, 4) is 0 Å². The lowest BCUT2D eigenvalue weighted by atomic mass is 10.1. The maximum absolute atomic E-state index is 12.7. The molecule has 0 fully saturated rings. The van der Waals surface area contributed by atoms with Crippen LogP contribution in [0.25, 0.3) is 0 Å². The first-order valence-corrected chi connectivity index (χ1v) is 24.0. The molecule has 1 atom stereocenters. The Balaban J connectivity index is 4.47. The Morgan fingerprint density at radius 2 is 0.683 bits per heavy atom. The van der Waals surface area contributed by atoms with Crippen LogP contribution in [0.1, 0.15) is 194 Å². The summed E-state index contributed by atoms with van der Waals surface area (Å²) in [6.07, 6.45) is 63.5. The van der Waals surface area contributed by atoms with E-state index in [1.807, 2.05) is 60.8 Å². The van der Waals surface area contributed by atoms with Gasteiger partial charge >= 0.3 is 17.9 Å². The second-order valence-electron chi connectivity index (χ2n) is 15.5. The van der Waals surface area contributed by atoms with Crippen LogP contribution in [0.5, 0.6) is 0 Å². The quantitative estimate of drug-likeness (QED) is 0.0264. The predicted octanol–water partition coefficient (Wildman–Crippen LogP) is 15.6. The predicted molar refractivity (Wildman–Crippen MR) is 256 cm³/mol. The normalized spacial score (nSPS) is 13.1. The summed E-state index contributed by atoms with van der Waals surface area (Å²) in [4.78, 5) is 37.8. The molecule has 0 rings (SSSR count). The number of hydrogen-bond donors (Lipinski definition) is 0. The molecule has 6 heteroatoms. The Bertz CT molecular complexity index is 1280. The maximum Gasteiger partial charge on any atom is 0.306 e. The monoisotopic (exact) mass is 831 g/mol. The zero-order valence-electron chi connectivity index (χ0n) is 38.4.